The van der Waals surface area contributed by atoms with Gasteiger partial charge in [-0.3, -0.25) is 4.79 Å². The molecule has 1 aromatic heterocycles. The molecule has 1 heterocycles. The topological polar surface area (TPSA) is 69.1 Å². The predicted octanol–water partition coefficient (Wildman–Crippen LogP) is 2.18. The number of hydrogen-bond acceptors (Lipinski definition) is 4. The Morgan fingerprint density at radius 3 is 2.94 bits per heavy atom. The van der Waals surface area contributed by atoms with E-state index in [9.17, 15) is 4.79 Å². The number of benzene rings is 1. The van der Waals surface area contributed by atoms with Gasteiger partial charge in [-0.15, -0.1) is 0 Å². The van der Waals surface area contributed by atoms with Gasteiger partial charge in [-0.1, -0.05) is 30.8 Å². The highest BCUT2D eigenvalue weighted by atomic mass is 32.2. The predicted molar refractivity (Wildman–Crippen MR) is 63.1 cm³/mol. The minimum atomic E-state index is -0.338. The number of aromatic nitrogens is 1. The Morgan fingerprint density at radius 2 is 2.31 bits per heavy atom. The summed E-state index contributed by atoms with van der Waals surface area (Å²) in [6, 6.07) is 7.49. The van der Waals surface area contributed by atoms with Crippen molar-refractivity contribution in [3.63, 3.8) is 0 Å². The van der Waals surface area contributed by atoms with Gasteiger partial charge in [0, 0.05) is 0 Å². The van der Waals surface area contributed by atoms with Gasteiger partial charge in [0.25, 0.3) is 5.22 Å². The fourth-order valence-electron chi connectivity index (χ4n) is 1.37. The fraction of sp³-hybridized carbons (Fsp3) is 0.273. The molecule has 0 unspecified atom stereocenters. The quantitative estimate of drug-likeness (QED) is 0.826. The molecule has 2 aromatic rings. The van der Waals surface area contributed by atoms with E-state index in [4.69, 9.17) is 10.2 Å². The second-order valence-corrected chi connectivity index (χ2v) is 4.52. The maximum Gasteiger partial charge on any atom is 0.257 e. The summed E-state index contributed by atoms with van der Waals surface area (Å²) in [5.41, 5.74) is 6.78. The van der Waals surface area contributed by atoms with Crippen LogP contribution in [0.5, 0.6) is 0 Å². The Kier molecular flexibility index (Phi) is 3.14. The summed E-state index contributed by atoms with van der Waals surface area (Å²) in [4.78, 5) is 15.4. The van der Waals surface area contributed by atoms with Gasteiger partial charge >= 0.3 is 0 Å². The first-order valence-electron chi connectivity index (χ1n) is 5.02. The molecule has 1 amide bonds. The minimum absolute atomic E-state index is 0.284. The summed E-state index contributed by atoms with van der Waals surface area (Å²) < 4.78 is 5.49. The number of oxazole rings is 1. The van der Waals surface area contributed by atoms with E-state index < -0.39 is 0 Å². The van der Waals surface area contributed by atoms with Crippen LogP contribution >= 0.6 is 11.8 Å². The lowest BCUT2D eigenvalue weighted by Gasteiger charge is -2.05. The molecule has 0 fully saturated rings. The first kappa shape index (κ1) is 11.0. The van der Waals surface area contributed by atoms with Gasteiger partial charge in [-0.2, -0.15) is 0 Å². The van der Waals surface area contributed by atoms with Crippen LogP contribution in [0, 0.1) is 0 Å². The van der Waals surface area contributed by atoms with Crippen molar-refractivity contribution in [2.24, 2.45) is 5.73 Å². The van der Waals surface area contributed by atoms with E-state index in [1.165, 1.54) is 11.8 Å². The third-order valence-corrected chi connectivity index (χ3v) is 3.43. The highest BCUT2D eigenvalue weighted by Gasteiger charge is 2.17. The van der Waals surface area contributed by atoms with Gasteiger partial charge in [0.2, 0.25) is 5.91 Å². The van der Waals surface area contributed by atoms with E-state index in [0.717, 1.165) is 11.1 Å². The lowest BCUT2D eigenvalue weighted by atomic mass is 10.3. The zero-order chi connectivity index (χ0) is 11.5. The van der Waals surface area contributed by atoms with Crippen molar-refractivity contribution in [2.75, 3.05) is 0 Å². The molecule has 1 aromatic carbocycles. The molecule has 1 atom stereocenters. The average Bonchev–Trinajstić information content (AvgIpc) is 2.67. The molecule has 16 heavy (non-hydrogen) atoms. The van der Waals surface area contributed by atoms with Crippen LogP contribution in [0.3, 0.4) is 0 Å². The number of nitrogens with zero attached hydrogens (tertiary/aromatic N) is 1. The molecule has 0 aliphatic heterocycles. The number of para-hydroxylation sites is 2. The van der Waals surface area contributed by atoms with Crippen molar-refractivity contribution in [2.45, 2.75) is 23.8 Å². The molecule has 0 aliphatic carbocycles. The van der Waals surface area contributed by atoms with Crippen molar-refractivity contribution >= 4 is 28.8 Å². The Bertz CT molecular complexity index is 476. The van der Waals surface area contributed by atoms with E-state index in [1.807, 2.05) is 31.2 Å². The standard InChI is InChI=1S/C11H12N2O2S/c1-2-9(10(12)14)16-11-13-7-5-3-4-6-8(7)15-11/h3-6,9H,2H2,1H3,(H2,12,14)/t9-/m0/s1. The van der Waals surface area contributed by atoms with E-state index in [0.29, 0.717) is 11.6 Å². The zero-order valence-corrected chi connectivity index (χ0v) is 9.66. The third-order valence-electron chi connectivity index (χ3n) is 2.21. The van der Waals surface area contributed by atoms with Crippen molar-refractivity contribution < 1.29 is 9.21 Å². The molecular weight excluding hydrogens is 224 g/mol. The summed E-state index contributed by atoms with van der Waals surface area (Å²) in [5.74, 6) is -0.338. The normalized spacial score (nSPS) is 12.8. The van der Waals surface area contributed by atoms with E-state index in [-0.39, 0.29) is 11.2 Å². The SMILES string of the molecule is CC[C@H](Sc1nc2ccccc2o1)C(N)=O. The summed E-state index contributed by atoms with van der Waals surface area (Å²) in [7, 11) is 0. The van der Waals surface area contributed by atoms with Gasteiger partial charge in [-0.25, -0.2) is 4.98 Å². The molecule has 0 bridgehead atoms. The fourth-order valence-corrected chi connectivity index (χ4v) is 2.18. The molecule has 0 saturated heterocycles. The maximum atomic E-state index is 11.1. The Morgan fingerprint density at radius 1 is 1.56 bits per heavy atom. The monoisotopic (exact) mass is 236 g/mol. The largest absolute Gasteiger partial charge is 0.431 e. The van der Waals surface area contributed by atoms with Crippen LogP contribution < -0.4 is 5.73 Å². The van der Waals surface area contributed by atoms with Crippen LogP contribution in [0.25, 0.3) is 11.1 Å². The number of carbonyl (C=O) groups excluding carboxylic acids is 1. The van der Waals surface area contributed by atoms with Gasteiger partial charge < -0.3 is 10.2 Å². The molecule has 4 nitrogen and oxygen atoms in total. The molecular formula is C11H12N2O2S. The number of hydrogen-bond donors (Lipinski definition) is 1. The first-order valence-corrected chi connectivity index (χ1v) is 5.90. The smallest absolute Gasteiger partial charge is 0.257 e. The Balaban J connectivity index is 2.24. The van der Waals surface area contributed by atoms with Crippen LogP contribution in [0.4, 0.5) is 0 Å². The van der Waals surface area contributed by atoms with Crippen molar-refractivity contribution in [1.82, 2.24) is 4.98 Å². The molecule has 0 radical (unpaired) electrons. The number of carbonyl (C=O) groups is 1. The molecule has 84 valence electrons. The number of rotatable bonds is 4. The highest BCUT2D eigenvalue weighted by Crippen LogP contribution is 2.27. The third kappa shape index (κ3) is 2.19. The molecule has 0 saturated carbocycles. The van der Waals surface area contributed by atoms with Gasteiger partial charge in [0.15, 0.2) is 5.58 Å². The first-order chi connectivity index (χ1) is 7.70. The van der Waals surface area contributed by atoms with Gasteiger partial charge in [0.05, 0.1) is 5.25 Å². The lowest BCUT2D eigenvalue weighted by Crippen LogP contribution is -2.24. The van der Waals surface area contributed by atoms with Gasteiger partial charge in [0.1, 0.15) is 5.52 Å². The van der Waals surface area contributed by atoms with Gasteiger partial charge in [-0.05, 0) is 18.6 Å². The van der Waals surface area contributed by atoms with Crippen LogP contribution in [0.2, 0.25) is 0 Å². The lowest BCUT2D eigenvalue weighted by molar-refractivity contribution is -0.117. The number of primary amides is 1. The number of amides is 1. The second-order valence-electron chi connectivity index (χ2n) is 3.36. The summed E-state index contributed by atoms with van der Waals surface area (Å²) in [5, 5.41) is 0.208. The average molecular weight is 236 g/mol. The van der Waals surface area contributed by atoms with Crippen LogP contribution in [-0.2, 0) is 4.79 Å². The number of fused-ring (bicyclic) bond motifs is 1. The van der Waals surface area contributed by atoms with Crippen molar-refractivity contribution in [3.8, 4) is 0 Å². The molecule has 0 spiro atoms. The van der Waals surface area contributed by atoms with Crippen LogP contribution in [0.1, 0.15) is 13.3 Å². The molecule has 5 heteroatoms. The van der Waals surface area contributed by atoms with E-state index in [1.54, 1.807) is 0 Å². The molecule has 2 rings (SSSR count). The summed E-state index contributed by atoms with van der Waals surface area (Å²) in [6.07, 6.45) is 0.665. The number of thioether (sulfide) groups is 1. The van der Waals surface area contributed by atoms with Crippen molar-refractivity contribution in [3.05, 3.63) is 24.3 Å². The number of nitrogens with two attached hydrogens (primary N) is 1. The van der Waals surface area contributed by atoms with E-state index in [2.05, 4.69) is 4.98 Å². The summed E-state index contributed by atoms with van der Waals surface area (Å²) >= 11 is 1.27. The van der Waals surface area contributed by atoms with E-state index >= 15 is 0 Å². The van der Waals surface area contributed by atoms with Crippen molar-refractivity contribution in [1.29, 1.82) is 0 Å². The Labute approximate surface area is 97.2 Å². The molecule has 2 N–H and O–H groups in total. The summed E-state index contributed by atoms with van der Waals surface area (Å²) in [6.45, 7) is 1.91. The maximum absolute atomic E-state index is 11.1. The van der Waals surface area contributed by atoms with Crippen LogP contribution in [0.15, 0.2) is 33.9 Å². The molecule has 0 aliphatic rings. The van der Waals surface area contributed by atoms with Crippen LogP contribution in [-0.4, -0.2) is 16.1 Å². The Hall–Kier alpha value is -1.49. The highest BCUT2D eigenvalue weighted by molar-refractivity contribution is 8.00. The second kappa shape index (κ2) is 4.57. The zero-order valence-electron chi connectivity index (χ0n) is 8.84. The minimum Gasteiger partial charge on any atom is -0.431 e.